The van der Waals surface area contributed by atoms with Gasteiger partial charge in [0, 0.05) is 74.6 Å². The van der Waals surface area contributed by atoms with Gasteiger partial charge in [0.25, 0.3) is 0 Å². The average Bonchev–Trinajstić information content (AvgIpc) is 3.00. The summed E-state index contributed by atoms with van der Waals surface area (Å²) >= 11 is 0. The van der Waals surface area contributed by atoms with Gasteiger partial charge in [-0.05, 0) is 12.1 Å². The van der Waals surface area contributed by atoms with E-state index in [0.717, 1.165) is 43.1 Å². The van der Waals surface area contributed by atoms with Crippen molar-refractivity contribution in [3.05, 3.63) is 59.9 Å². The van der Waals surface area contributed by atoms with Crippen LogP contribution in [0.5, 0.6) is 0 Å². The fourth-order valence-electron chi connectivity index (χ4n) is 2.96. The number of pyridine rings is 1. The number of fused-ring (bicyclic) bond motifs is 1. The lowest BCUT2D eigenvalue weighted by Crippen LogP contribution is -2.30. The van der Waals surface area contributed by atoms with Gasteiger partial charge in [0.05, 0.1) is 11.9 Å². The second kappa shape index (κ2) is 5.89. The van der Waals surface area contributed by atoms with Gasteiger partial charge < -0.3 is 0 Å². The molecule has 1 aliphatic heterocycles. The van der Waals surface area contributed by atoms with E-state index in [-0.39, 0.29) is 0 Å². The highest BCUT2D eigenvalue weighted by molar-refractivity contribution is 5.54. The smallest absolute Gasteiger partial charge is 0.159 e. The fraction of sp³-hybridized carbons (Fsp3) is 0.294. The van der Waals surface area contributed by atoms with Crippen molar-refractivity contribution in [2.24, 2.45) is 7.05 Å². The van der Waals surface area contributed by atoms with Crippen LogP contribution < -0.4 is 0 Å². The molecular formula is C17H18N6. The predicted octanol–water partition coefficient (Wildman–Crippen LogP) is 1.83. The van der Waals surface area contributed by atoms with Crippen LogP contribution in [0.15, 0.2) is 43.1 Å². The minimum atomic E-state index is 0.784. The summed E-state index contributed by atoms with van der Waals surface area (Å²) in [6.45, 7) is 2.81. The zero-order valence-electron chi connectivity index (χ0n) is 13.1. The van der Waals surface area contributed by atoms with Gasteiger partial charge in [-0.1, -0.05) is 0 Å². The third-order valence-electron chi connectivity index (χ3n) is 4.12. The normalized spacial score (nSPS) is 14.7. The van der Waals surface area contributed by atoms with Crippen molar-refractivity contribution in [2.45, 2.75) is 19.5 Å². The standard InChI is InChI=1S/C17H18N6/c1-22-10-13(8-20-22)11-23-7-4-16-15(12-23)9-19-17(21-16)14-2-5-18-6-3-14/h2-3,5-6,8-10H,4,7,11-12H2,1H3. The lowest BCUT2D eigenvalue weighted by Gasteiger charge is -2.27. The number of aromatic nitrogens is 5. The molecule has 0 saturated carbocycles. The molecule has 116 valence electrons. The lowest BCUT2D eigenvalue weighted by atomic mass is 10.1. The van der Waals surface area contributed by atoms with E-state index in [0.29, 0.717) is 0 Å². The maximum Gasteiger partial charge on any atom is 0.159 e. The van der Waals surface area contributed by atoms with Crippen LogP contribution in [0.2, 0.25) is 0 Å². The molecule has 23 heavy (non-hydrogen) atoms. The van der Waals surface area contributed by atoms with Gasteiger partial charge in [-0.2, -0.15) is 5.10 Å². The van der Waals surface area contributed by atoms with E-state index in [1.165, 1.54) is 11.1 Å². The predicted molar refractivity (Wildman–Crippen MR) is 86.3 cm³/mol. The summed E-state index contributed by atoms with van der Waals surface area (Å²) in [6.07, 6.45) is 10.5. The Morgan fingerprint density at radius 2 is 2.04 bits per heavy atom. The third-order valence-corrected chi connectivity index (χ3v) is 4.12. The van der Waals surface area contributed by atoms with Crippen molar-refractivity contribution in [1.29, 1.82) is 0 Å². The summed E-state index contributed by atoms with van der Waals surface area (Å²) in [5.74, 6) is 0.784. The molecule has 0 aromatic carbocycles. The molecule has 1 aliphatic rings. The fourth-order valence-corrected chi connectivity index (χ4v) is 2.96. The third kappa shape index (κ3) is 2.98. The van der Waals surface area contributed by atoms with Crippen LogP contribution >= 0.6 is 0 Å². The highest BCUT2D eigenvalue weighted by Gasteiger charge is 2.19. The summed E-state index contributed by atoms with van der Waals surface area (Å²) in [5.41, 5.74) is 4.64. The van der Waals surface area contributed by atoms with Gasteiger partial charge in [0.1, 0.15) is 0 Å². The van der Waals surface area contributed by atoms with Crippen LogP contribution in [0.4, 0.5) is 0 Å². The molecule has 0 N–H and O–H groups in total. The minimum absolute atomic E-state index is 0.784. The molecule has 0 radical (unpaired) electrons. The summed E-state index contributed by atoms with van der Waals surface area (Å²) in [6, 6.07) is 3.89. The van der Waals surface area contributed by atoms with E-state index in [4.69, 9.17) is 4.98 Å². The van der Waals surface area contributed by atoms with Crippen molar-refractivity contribution in [2.75, 3.05) is 6.54 Å². The molecule has 0 amide bonds. The highest BCUT2D eigenvalue weighted by atomic mass is 15.2. The summed E-state index contributed by atoms with van der Waals surface area (Å²) in [7, 11) is 1.95. The molecule has 6 nitrogen and oxygen atoms in total. The van der Waals surface area contributed by atoms with E-state index in [1.807, 2.05) is 36.3 Å². The quantitative estimate of drug-likeness (QED) is 0.739. The molecule has 0 aliphatic carbocycles. The van der Waals surface area contributed by atoms with Crippen LogP contribution in [0.3, 0.4) is 0 Å². The summed E-state index contributed by atoms with van der Waals surface area (Å²) in [5, 5.41) is 4.23. The van der Waals surface area contributed by atoms with Gasteiger partial charge in [0.2, 0.25) is 0 Å². The van der Waals surface area contributed by atoms with Crippen LogP contribution in [0.1, 0.15) is 16.8 Å². The van der Waals surface area contributed by atoms with E-state index >= 15 is 0 Å². The molecular weight excluding hydrogens is 288 g/mol. The first-order valence-corrected chi connectivity index (χ1v) is 7.73. The maximum absolute atomic E-state index is 4.75. The van der Waals surface area contributed by atoms with Crippen molar-refractivity contribution >= 4 is 0 Å². The zero-order valence-corrected chi connectivity index (χ0v) is 13.1. The van der Waals surface area contributed by atoms with Crippen molar-refractivity contribution in [1.82, 2.24) is 29.6 Å². The number of nitrogens with zero attached hydrogens (tertiary/aromatic N) is 6. The Hall–Kier alpha value is -2.60. The van der Waals surface area contributed by atoms with E-state index < -0.39 is 0 Å². The van der Waals surface area contributed by atoms with Crippen LogP contribution in [0, 0.1) is 0 Å². The van der Waals surface area contributed by atoms with Crippen LogP contribution in [-0.2, 0) is 26.6 Å². The number of hydrogen-bond acceptors (Lipinski definition) is 5. The largest absolute Gasteiger partial charge is 0.294 e. The van der Waals surface area contributed by atoms with Crippen molar-refractivity contribution < 1.29 is 0 Å². The second-order valence-corrected chi connectivity index (χ2v) is 5.88. The van der Waals surface area contributed by atoms with Gasteiger partial charge in [-0.3, -0.25) is 14.6 Å². The Kier molecular flexibility index (Phi) is 3.59. The Balaban J connectivity index is 1.52. The molecule has 0 atom stereocenters. The topological polar surface area (TPSA) is 59.7 Å². The van der Waals surface area contributed by atoms with Gasteiger partial charge in [0.15, 0.2) is 5.82 Å². The number of aryl methyl sites for hydroxylation is 1. The Morgan fingerprint density at radius 3 is 2.83 bits per heavy atom. The van der Waals surface area contributed by atoms with Crippen LogP contribution in [-0.4, -0.2) is 36.2 Å². The Morgan fingerprint density at radius 1 is 1.17 bits per heavy atom. The first-order valence-electron chi connectivity index (χ1n) is 7.73. The lowest BCUT2D eigenvalue weighted by molar-refractivity contribution is 0.243. The molecule has 0 unspecified atom stereocenters. The highest BCUT2D eigenvalue weighted by Crippen LogP contribution is 2.21. The first kappa shape index (κ1) is 14.0. The Labute approximate surface area is 134 Å². The van der Waals surface area contributed by atoms with Crippen LogP contribution in [0.25, 0.3) is 11.4 Å². The second-order valence-electron chi connectivity index (χ2n) is 5.88. The molecule has 3 aromatic heterocycles. The van der Waals surface area contributed by atoms with E-state index in [9.17, 15) is 0 Å². The van der Waals surface area contributed by atoms with Gasteiger partial charge >= 0.3 is 0 Å². The number of hydrogen-bond donors (Lipinski definition) is 0. The molecule has 4 rings (SSSR count). The number of rotatable bonds is 3. The van der Waals surface area contributed by atoms with Crippen molar-refractivity contribution in [3.8, 4) is 11.4 Å². The molecule has 4 heterocycles. The van der Waals surface area contributed by atoms with Gasteiger partial charge in [-0.25, -0.2) is 9.97 Å². The molecule has 0 spiro atoms. The summed E-state index contributed by atoms with van der Waals surface area (Å²) < 4.78 is 1.84. The molecule has 0 saturated heterocycles. The SMILES string of the molecule is Cn1cc(CN2CCc3nc(-c4ccncc4)ncc3C2)cn1. The zero-order chi connectivity index (χ0) is 15.6. The minimum Gasteiger partial charge on any atom is -0.294 e. The monoisotopic (exact) mass is 306 g/mol. The molecule has 0 fully saturated rings. The molecule has 6 heteroatoms. The maximum atomic E-state index is 4.75. The average molecular weight is 306 g/mol. The van der Waals surface area contributed by atoms with Crippen molar-refractivity contribution in [3.63, 3.8) is 0 Å². The van der Waals surface area contributed by atoms with E-state index in [2.05, 4.69) is 26.2 Å². The van der Waals surface area contributed by atoms with E-state index in [1.54, 1.807) is 12.4 Å². The first-order chi connectivity index (χ1) is 11.3. The Bertz CT molecular complexity index is 811. The van der Waals surface area contributed by atoms with Gasteiger partial charge in [-0.15, -0.1) is 0 Å². The molecule has 0 bridgehead atoms. The summed E-state index contributed by atoms with van der Waals surface area (Å²) in [4.78, 5) is 15.7. The molecule has 3 aromatic rings.